The van der Waals surface area contributed by atoms with Crippen molar-refractivity contribution < 1.29 is 18.9 Å². The SMILES string of the molecule is CC1C(CN(CC2CO2)CC2CO2)CCC(CN(CC2CO2)CC2CO2)C1C. The fourth-order valence-corrected chi connectivity index (χ4v) is 5.28. The minimum absolute atomic E-state index is 0.477. The van der Waals surface area contributed by atoms with Crippen molar-refractivity contribution in [3.63, 3.8) is 0 Å². The molecule has 8 unspecified atom stereocenters. The minimum Gasteiger partial charge on any atom is -0.372 e. The van der Waals surface area contributed by atoms with Crippen LogP contribution in [0, 0.1) is 23.7 Å². The van der Waals surface area contributed by atoms with Gasteiger partial charge in [-0.1, -0.05) is 13.8 Å². The molecule has 4 saturated heterocycles. The Labute approximate surface area is 169 Å². The van der Waals surface area contributed by atoms with Crippen molar-refractivity contribution in [3.05, 3.63) is 0 Å². The molecule has 5 fully saturated rings. The smallest absolute Gasteiger partial charge is 0.0936 e. The number of nitrogens with zero attached hydrogens (tertiary/aromatic N) is 2. The van der Waals surface area contributed by atoms with Crippen LogP contribution >= 0.6 is 0 Å². The van der Waals surface area contributed by atoms with E-state index in [-0.39, 0.29) is 0 Å². The Bertz CT molecular complexity index is 445. The third kappa shape index (κ3) is 5.67. The monoisotopic (exact) mass is 394 g/mol. The van der Waals surface area contributed by atoms with E-state index in [1.54, 1.807) is 0 Å². The van der Waals surface area contributed by atoms with E-state index in [2.05, 4.69) is 23.6 Å². The van der Waals surface area contributed by atoms with E-state index in [4.69, 9.17) is 18.9 Å². The van der Waals surface area contributed by atoms with Crippen molar-refractivity contribution >= 4 is 0 Å². The predicted molar refractivity (Wildman–Crippen MR) is 106 cm³/mol. The van der Waals surface area contributed by atoms with Gasteiger partial charge in [0.15, 0.2) is 0 Å². The summed E-state index contributed by atoms with van der Waals surface area (Å²) in [6, 6.07) is 0. The van der Waals surface area contributed by atoms with Crippen LogP contribution < -0.4 is 0 Å². The lowest BCUT2D eigenvalue weighted by Gasteiger charge is -2.43. The summed E-state index contributed by atoms with van der Waals surface area (Å²) in [6.45, 7) is 15.6. The van der Waals surface area contributed by atoms with Crippen LogP contribution in [0.4, 0.5) is 0 Å². The Balaban J connectivity index is 1.13. The van der Waals surface area contributed by atoms with Crippen LogP contribution in [0.1, 0.15) is 26.7 Å². The van der Waals surface area contributed by atoms with E-state index in [0.717, 1.165) is 76.3 Å². The zero-order chi connectivity index (χ0) is 19.1. The molecule has 160 valence electrons. The highest BCUT2D eigenvalue weighted by Crippen LogP contribution is 2.40. The average molecular weight is 395 g/mol. The predicted octanol–water partition coefficient (Wildman–Crippen LogP) is 1.48. The van der Waals surface area contributed by atoms with Crippen molar-refractivity contribution in [2.24, 2.45) is 23.7 Å². The molecule has 0 aromatic carbocycles. The fraction of sp³-hybridized carbons (Fsp3) is 1.00. The maximum atomic E-state index is 5.50. The van der Waals surface area contributed by atoms with Gasteiger partial charge in [-0.15, -0.1) is 0 Å². The Kier molecular flexibility index (Phi) is 5.97. The Morgan fingerprint density at radius 2 is 0.821 bits per heavy atom. The average Bonchev–Trinajstić information content (AvgIpc) is 3.52. The number of hydrogen-bond donors (Lipinski definition) is 0. The van der Waals surface area contributed by atoms with Gasteiger partial charge in [-0.25, -0.2) is 0 Å². The first-order valence-electron chi connectivity index (χ1n) is 11.5. The third-order valence-electron chi connectivity index (χ3n) is 7.67. The van der Waals surface area contributed by atoms with Crippen molar-refractivity contribution in [1.82, 2.24) is 9.80 Å². The molecule has 5 aliphatic rings. The molecule has 0 aromatic rings. The first-order valence-corrected chi connectivity index (χ1v) is 11.5. The molecule has 0 spiro atoms. The minimum atomic E-state index is 0.477. The summed E-state index contributed by atoms with van der Waals surface area (Å²) in [5.74, 6) is 3.15. The number of rotatable bonds is 12. The number of hydrogen-bond acceptors (Lipinski definition) is 6. The number of epoxide rings is 4. The number of ether oxygens (including phenoxy) is 4. The molecular formula is C22H38N2O4. The summed E-state index contributed by atoms with van der Waals surface area (Å²) in [5.41, 5.74) is 0. The van der Waals surface area contributed by atoms with Gasteiger partial charge in [0.1, 0.15) is 0 Å². The topological polar surface area (TPSA) is 56.6 Å². The van der Waals surface area contributed by atoms with Crippen LogP contribution in [0.5, 0.6) is 0 Å². The maximum Gasteiger partial charge on any atom is 0.0936 e. The second-order valence-electron chi connectivity index (χ2n) is 10.1. The molecule has 4 aliphatic heterocycles. The molecule has 0 aromatic heterocycles. The molecule has 1 aliphatic carbocycles. The van der Waals surface area contributed by atoms with E-state index in [0.29, 0.717) is 24.4 Å². The van der Waals surface area contributed by atoms with Gasteiger partial charge < -0.3 is 18.9 Å². The molecule has 0 N–H and O–H groups in total. The van der Waals surface area contributed by atoms with Gasteiger partial charge in [0.25, 0.3) is 0 Å². The van der Waals surface area contributed by atoms with Gasteiger partial charge in [-0.05, 0) is 36.5 Å². The summed E-state index contributed by atoms with van der Waals surface area (Å²) in [4.78, 5) is 5.26. The maximum absolute atomic E-state index is 5.50. The molecule has 0 bridgehead atoms. The molecular weight excluding hydrogens is 356 g/mol. The van der Waals surface area contributed by atoms with Crippen molar-refractivity contribution in [2.45, 2.75) is 51.1 Å². The summed E-state index contributed by atoms with van der Waals surface area (Å²) in [6.07, 6.45) is 4.63. The summed E-state index contributed by atoms with van der Waals surface area (Å²) in [5, 5.41) is 0. The molecule has 6 nitrogen and oxygen atoms in total. The Morgan fingerprint density at radius 1 is 0.536 bits per heavy atom. The molecule has 0 amide bonds. The lowest BCUT2D eigenvalue weighted by molar-refractivity contribution is 0.0541. The molecule has 6 heteroatoms. The Morgan fingerprint density at radius 3 is 1.07 bits per heavy atom. The van der Waals surface area contributed by atoms with E-state index in [1.807, 2.05) is 0 Å². The lowest BCUT2D eigenvalue weighted by Crippen LogP contribution is -2.45. The Hall–Kier alpha value is -0.240. The first kappa shape index (κ1) is 19.7. The summed E-state index contributed by atoms with van der Waals surface area (Å²) < 4.78 is 22.0. The van der Waals surface area contributed by atoms with Crippen LogP contribution in [0.3, 0.4) is 0 Å². The van der Waals surface area contributed by atoms with E-state index in [1.165, 1.54) is 25.9 Å². The highest BCUT2D eigenvalue weighted by atomic mass is 16.6. The van der Waals surface area contributed by atoms with Crippen LogP contribution in [0.25, 0.3) is 0 Å². The molecule has 5 rings (SSSR count). The zero-order valence-corrected chi connectivity index (χ0v) is 17.6. The van der Waals surface area contributed by atoms with Crippen LogP contribution in [-0.4, -0.2) is 99.9 Å². The normalized spacial score (nSPS) is 44.1. The van der Waals surface area contributed by atoms with Crippen LogP contribution in [-0.2, 0) is 18.9 Å². The lowest BCUT2D eigenvalue weighted by atomic mass is 9.67. The van der Waals surface area contributed by atoms with E-state index < -0.39 is 0 Å². The largest absolute Gasteiger partial charge is 0.372 e. The third-order valence-corrected chi connectivity index (χ3v) is 7.67. The molecule has 8 atom stereocenters. The molecule has 1 saturated carbocycles. The van der Waals surface area contributed by atoms with Crippen LogP contribution in [0.15, 0.2) is 0 Å². The standard InChI is InChI=1S/C22H38N2O4/c1-15-16(2)18(6-24(9-21-13-27-21)10-22-14-28-22)4-3-17(15)5-23(7-19-11-25-19)8-20-12-26-20/h15-22H,3-14H2,1-2H3. The highest BCUT2D eigenvalue weighted by Gasteiger charge is 2.39. The first-order chi connectivity index (χ1) is 13.6. The molecule has 0 radical (unpaired) electrons. The van der Waals surface area contributed by atoms with Gasteiger partial charge in [0.05, 0.1) is 50.8 Å². The van der Waals surface area contributed by atoms with Crippen LogP contribution in [0.2, 0.25) is 0 Å². The van der Waals surface area contributed by atoms with Gasteiger partial charge in [-0.2, -0.15) is 0 Å². The quantitative estimate of drug-likeness (QED) is 0.468. The van der Waals surface area contributed by atoms with E-state index in [9.17, 15) is 0 Å². The second kappa shape index (κ2) is 8.48. The molecule has 4 heterocycles. The van der Waals surface area contributed by atoms with Gasteiger partial charge in [0.2, 0.25) is 0 Å². The van der Waals surface area contributed by atoms with Gasteiger partial charge in [0, 0.05) is 39.3 Å². The van der Waals surface area contributed by atoms with E-state index >= 15 is 0 Å². The highest BCUT2D eigenvalue weighted by molar-refractivity contribution is 4.90. The van der Waals surface area contributed by atoms with Crippen molar-refractivity contribution in [1.29, 1.82) is 0 Å². The van der Waals surface area contributed by atoms with Crippen molar-refractivity contribution in [2.75, 3.05) is 65.7 Å². The van der Waals surface area contributed by atoms with Crippen molar-refractivity contribution in [3.8, 4) is 0 Å². The fourth-order valence-electron chi connectivity index (χ4n) is 5.28. The van der Waals surface area contributed by atoms with Gasteiger partial charge >= 0.3 is 0 Å². The zero-order valence-electron chi connectivity index (χ0n) is 17.6. The summed E-state index contributed by atoms with van der Waals surface area (Å²) >= 11 is 0. The summed E-state index contributed by atoms with van der Waals surface area (Å²) in [7, 11) is 0. The van der Waals surface area contributed by atoms with Gasteiger partial charge in [-0.3, -0.25) is 9.80 Å². The second-order valence-corrected chi connectivity index (χ2v) is 10.1. The molecule has 28 heavy (non-hydrogen) atoms.